The van der Waals surface area contributed by atoms with E-state index in [1.54, 1.807) is 24.7 Å². The van der Waals surface area contributed by atoms with E-state index in [1.165, 1.54) is 6.07 Å². The molecule has 1 aromatic carbocycles. The molecule has 5 aromatic rings. The maximum atomic E-state index is 14.9. The van der Waals surface area contributed by atoms with Crippen molar-refractivity contribution in [2.45, 2.75) is 6.54 Å². The summed E-state index contributed by atoms with van der Waals surface area (Å²) in [6.07, 6.45) is 5.16. The highest BCUT2D eigenvalue weighted by atomic mass is 19.1. The fraction of sp³-hybridized carbons (Fsp3) is 0.143. The van der Waals surface area contributed by atoms with Gasteiger partial charge in [0.05, 0.1) is 11.0 Å². The lowest BCUT2D eigenvalue weighted by Gasteiger charge is -2.11. The lowest BCUT2D eigenvalue weighted by molar-refractivity contribution is 0.402. The van der Waals surface area contributed by atoms with Crippen LogP contribution in [-0.2, 0) is 6.54 Å². The van der Waals surface area contributed by atoms with Crippen LogP contribution in [0, 0.1) is 5.82 Å². The van der Waals surface area contributed by atoms with Gasteiger partial charge >= 0.3 is 0 Å². The fourth-order valence-corrected chi connectivity index (χ4v) is 3.48. The van der Waals surface area contributed by atoms with E-state index in [2.05, 4.69) is 30.1 Å². The lowest BCUT2D eigenvalue weighted by atomic mass is 10.0. The molecule has 0 aliphatic rings. The second-order valence-corrected chi connectivity index (χ2v) is 7.23. The van der Waals surface area contributed by atoms with Crippen LogP contribution < -0.4 is 0 Å². The van der Waals surface area contributed by atoms with E-state index in [1.807, 2.05) is 37.2 Å². The van der Waals surface area contributed by atoms with E-state index in [-0.39, 0.29) is 5.82 Å². The molecule has 0 radical (unpaired) electrons. The minimum atomic E-state index is -0.331. The molecule has 0 bridgehead atoms. The van der Waals surface area contributed by atoms with Crippen molar-refractivity contribution >= 4 is 22.1 Å². The molecule has 4 heterocycles. The van der Waals surface area contributed by atoms with Crippen LogP contribution in [-0.4, -0.2) is 49.1 Å². The number of halogens is 1. The largest absolute Gasteiger partial charge is 0.335 e. The Balaban J connectivity index is 1.65. The van der Waals surface area contributed by atoms with Crippen LogP contribution >= 0.6 is 0 Å². The molecule has 29 heavy (non-hydrogen) atoms. The summed E-state index contributed by atoms with van der Waals surface area (Å²) in [5.74, 6) is 0.254. The molecule has 0 atom stereocenters. The van der Waals surface area contributed by atoms with Gasteiger partial charge in [-0.3, -0.25) is 10.1 Å². The number of aromatic amines is 2. The van der Waals surface area contributed by atoms with Gasteiger partial charge in [0.2, 0.25) is 0 Å². The monoisotopic (exact) mass is 387 g/mol. The van der Waals surface area contributed by atoms with Crippen molar-refractivity contribution in [1.82, 2.24) is 35.0 Å². The molecular weight excluding hydrogens is 369 g/mol. The van der Waals surface area contributed by atoms with E-state index in [4.69, 9.17) is 0 Å². The molecule has 8 heteroatoms. The standard InChI is InChI=1S/C21H18FN7/c1-29(2)11-12-6-13(10-23-9-12)14-7-15-18(8-16(14)22)27-28-19(15)21-25-17-4-3-5-24-20(17)26-21/h3-10H,11H2,1-2H3,(H,27,28)(H,24,25,26). The summed E-state index contributed by atoms with van der Waals surface area (Å²) in [4.78, 5) is 18.3. The molecule has 0 saturated heterocycles. The highest BCUT2D eigenvalue weighted by Gasteiger charge is 2.17. The van der Waals surface area contributed by atoms with Gasteiger partial charge in [-0.1, -0.05) is 0 Å². The van der Waals surface area contributed by atoms with Crippen LogP contribution in [0.25, 0.3) is 44.7 Å². The van der Waals surface area contributed by atoms with Crippen molar-refractivity contribution in [2.75, 3.05) is 14.1 Å². The van der Waals surface area contributed by atoms with E-state index in [0.29, 0.717) is 28.2 Å². The van der Waals surface area contributed by atoms with Crippen LogP contribution in [0.3, 0.4) is 0 Å². The van der Waals surface area contributed by atoms with Gasteiger partial charge in [-0.15, -0.1) is 0 Å². The quantitative estimate of drug-likeness (QED) is 0.490. The zero-order chi connectivity index (χ0) is 20.0. The number of fused-ring (bicyclic) bond motifs is 2. The van der Waals surface area contributed by atoms with Crippen molar-refractivity contribution in [3.8, 4) is 22.6 Å². The highest BCUT2D eigenvalue weighted by Crippen LogP contribution is 2.32. The van der Waals surface area contributed by atoms with Crippen molar-refractivity contribution < 1.29 is 4.39 Å². The summed E-state index contributed by atoms with van der Waals surface area (Å²) in [5, 5.41) is 8.03. The first-order chi connectivity index (χ1) is 14.1. The summed E-state index contributed by atoms with van der Waals surface area (Å²) in [7, 11) is 3.97. The molecule has 5 rings (SSSR count). The van der Waals surface area contributed by atoms with Gasteiger partial charge in [0.25, 0.3) is 0 Å². The molecular formula is C21H18FN7. The summed E-state index contributed by atoms with van der Waals surface area (Å²) in [6, 6.07) is 8.96. The Morgan fingerprint density at radius 2 is 2.00 bits per heavy atom. The van der Waals surface area contributed by atoms with E-state index >= 15 is 0 Å². The zero-order valence-corrected chi connectivity index (χ0v) is 15.9. The van der Waals surface area contributed by atoms with Gasteiger partial charge in [-0.25, -0.2) is 14.4 Å². The molecule has 4 aromatic heterocycles. The maximum Gasteiger partial charge on any atom is 0.178 e. The second kappa shape index (κ2) is 6.75. The fourth-order valence-electron chi connectivity index (χ4n) is 3.48. The van der Waals surface area contributed by atoms with Crippen LogP contribution in [0.15, 0.2) is 48.9 Å². The van der Waals surface area contributed by atoms with Crippen LogP contribution in [0.2, 0.25) is 0 Å². The molecule has 2 N–H and O–H groups in total. The second-order valence-electron chi connectivity index (χ2n) is 7.23. The first-order valence-electron chi connectivity index (χ1n) is 9.16. The van der Waals surface area contributed by atoms with Gasteiger partial charge in [0.1, 0.15) is 11.5 Å². The van der Waals surface area contributed by atoms with Crippen molar-refractivity contribution in [3.05, 3.63) is 60.3 Å². The number of nitrogens with one attached hydrogen (secondary N) is 2. The van der Waals surface area contributed by atoms with Crippen LogP contribution in [0.1, 0.15) is 5.56 Å². The van der Waals surface area contributed by atoms with E-state index < -0.39 is 0 Å². The molecule has 0 spiro atoms. The first-order valence-corrected chi connectivity index (χ1v) is 9.16. The van der Waals surface area contributed by atoms with E-state index in [9.17, 15) is 4.39 Å². The average Bonchev–Trinajstić information content (AvgIpc) is 3.30. The van der Waals surface area contributed by atoms with Gasteiger partial charge in [-0.2, -0.15) is 5.10 Å². The number of hydrogen-bond donors (Lipinski definition) is 2. The van der Waals surface area contributed by atoms with Gasteiger partial charge in [-0.05, 0) is 43.9 Å². The normalized spacial score (nSPS) is 11.7. The molecule has 0 unspecified atom stereocenters. The highest BCUT2D eigenvalue weighted by molar-refractivity contribution is 5.95. The van der Waals surface area contributed by atoms with E-state index in [0.717, 1.165) is 28.6 Å². The molecule has 0 aliphatic heterocycles. The Labute approximate surface area is 165 Å². The van der Waals surface area contributed by atoms with Crippen LogP contribution in [0.5, 0.6) is 0 Å². The third kappa shape index (κ3) is 3.13. The smallest absolute Gasteiger partial charge is 0.178 e. The molecule has 0 amide bonds. The average molecular weight is 387 g/mol. The number of aromatic nitrogens is 6. The van der Waals surface area contributed by atoms with Crippen molar-refractivity contribution in [2.24, 2.45) is 0 Å². The Morgan fingerprint density at radius 1 is 1.10 bits per heavy atom. The van der Waals surface area contributed by atoms with Gasteiger partial charge < -0.3 is 9.88 Å². The summed E-state index contributed by atoms with van der Waals surface area (Å²) < 4.78 is 14.9. The Hall–Kier alpha value is -3.65. The number of hydrogen-bond acceptors (Lipinski definition) is 5. The molecule has 144 valence electrons. The Kier molecular flexibility index (Phi) is 4.06. The summed E-state index contributed by atoms with van der Waals surface area (Å²) in [5.41, 5.74) is 4.87. The molecule has 7 nitrogen and oxygen atoms in total. The molecule has 0 saturated carbocycles. The number of H-pyrrole nitrogens is 2. The third-order valence-electron chi connectivity index (χ3n) is 4.74. The number of benzene rings is 1. The Bertz CT molecular complexity index is 1300. The SMILES string of the molecule is CN(C)Cc1cncc(-c2cc3c(-c4nc5ncccc5[nH]4)n[nH]c3cc2F)c1. The molecule has 0 fully saturated rings. The minimum Gasteiger partial charge on any atom is -0.335 e. The van der Waals surface area contributed by atoms with Crippen molar-refractivity contribution in [3.63, 3.8) is 0 Å². The van der Waals surface area contributed by atoms with Gasteiger partial charge in [0.15, 0.2) is 11.5 Å². The first kappa shape index (κ1) is 17.4. The van der Waals surface area contributed by atoms with Crippen LogP contribution in [0.4, 0.5) is 4.39 Å². The zero-order valence-electron chi connectivity index (χ0n) is 15.9. The summed E-state index contributed by atoms with van der Waals surface area (Å²) in [6.45, 7) is 0.730. The number of rotatable bonds is 4. The predicted octanol–water partition coefficient (Wildman–Crippen LogP) is 3.76. The lowest BCUT2D eigenvalue weighted by Crippen LogP contribution is -2.10. The topological polar surface area (TPSA) is 86.4 Å². The minimum absolute atomic E-state index is 0.331. The Morgan fingerprint density at radius 3 is 2.83 bits per heavy atom. The van der Waals surface area contributed by atoms with Crippen molar-refractivity contribution in [1.29, 1.82) is 0 Å². The summed E-state index contributed by atoms with van der Waals surface area (Å²) >= 11 is 0. The maximum absolute atomic E-state index is 14.9. The number of imidazole rings is 1. The number of nitrogens with zero attached hydrogens (tertiary/aromatic N) is 5. The number of pyridine rings is 2. The third-order valence-corrected chi connectivity index (χ3v) is 4.74. The van der Waals surface area contributed by atoms with Gasteiger partial charge in [0, 0.05) is 47.7 Å². The predicted molar refractivity (Wildman–Crippen MR) is 110 cm³/mol. The molecule has 0 aliphatic carbocycles.